The van der Waals surface area contributed by atoms with Gasteiger partial charge in [-0.05, 0) is 30.4 Å². The Balaban J connectivity index is 1.40. The molecule has 1 aliphatic carbocycles. The van der Waals surface area contributed by atoms with Gasteiger partial charge in [0.1, 0.15) is 0 Å². The quantitative estimate of drug-likeness (QED) is 0.837. The third kappa shape index (κ3) is 3.13. The molecule has 0 unspecified atom stereocenters. The summed E-state index contributed by atoms with van der Waals surface area (Å²) in [6.45, 7) is 2.85. The average Bonchev–Trinajstić information content (AvgIpc) is 3.09. The molecule has 0 bridgehead atoms. The zero-order valence-electron chi connectivity index (χ0n) is 14.1. The van der Waals surface area contributed by atoms with Gasteiger partial charge in [0, 0.05) is 31.8 Å². The molecule has 1 saturated carbocycles. The molecular formula is C20H25NO3. The van der Waals surface area contributed by atoms with Crippen molar-refractivity contribution < 1.29 is 14.3 Å². The van der Waals surface area contributed by atoms with E-state index in [0.717, 1.165) is 38.6 Å². The number of carbonyl (C=O) groups is 1. The highest BCUT2D eigenvalue weighted by Gasteiger charge is 2.44. The van der Waals surface area contributed by atoms with E-state index in [2.05, 4.69) is 30.3 Å². The van der Waals surface area contributed by atoms with Gasteiger partial charge in [-0.15, -0.1) is 0 Å². The van der Waals surface area contributed by atoms with Gasteiger partial charge in [0.25, 0.3) is 0 Å². The first kappa shape index (κ1) is 15.9. The number of benzene rings is 1. The Bertz CT molecular complexity index is 619. The molecule has 2 heterocycles. The van der Waals surface area contributed by atoms with Crippen LogP contribution in [0.1, 0.15) is 37.7 Å². The van der Waals surface area contributed by atoms with Crippen molar-refractivity contribution >= 4 is 11.5 Å². The van der Waals surface area contributed by atoms with Gasteiger partial charge in [-0.3, -0.25) is 4.79 Å². The molecule has 128 valence electrons. The molecular weight excluding hydrogens is 302 g/mol. The lowest BCUT2D eigenvalue weighted by Gasteiger charge is -2.38. The zero-order valence-corrected chi connectivity index (χ0v) is 14.1. The Morgan fingerprint density at radius 3 is 2.67 bits per heavy atom. The van der Waals surface area contributed by atoms with Crippen molar-refractivity contribution in [3.05, 3.63) is 42.0 Å². The highest BCUT2D eigenvalue weighted by Crippen LogP contribution is 2.39. The molecule has 0 N–H and O–H groups in total. The Morgan fingerprint density at radius 1 is 1.17 bits per heavy atom. The van der Waals surface area contributed by atoms with Crippen LogP contribution in [0, 0.1) is 5.92 Å². The topological polar surface area (TPSA) is 38.8 Å². The van der Waals surface area contributed by atoms with Crippen molar-refractivity contribution in [3.63, 3.8) is 0 Å². The number of ether oxygens (including phenoxy) is 2. The molecule has 1 aromatic carbocycles. The molecule has 4 nitrogen and oxygen atoms in total. The Hall–Kier alpha value is -1.65. The Labute approximate surface area is 143 Å². The van der Waals surface area contributed by atoms with Crippen LogP contribution in [0.5, 0.6) is 0 Å². The van der Waals surface area contributed by atoms with Crippen molar-refractivity contribution in [3.8, 4) is 0 Å². The second-order valence-corrected chi connectivity index (χ2v) is 7.03. The third-order valence-electron chi connectivity index (χ3n) is 5.50. The van der Waals surface area contributed by atoms with E-state index in [1.54, 1.807) is 0 Å². The molecule has 1 saturated heterocycles. The molecule has 1 amide bonds. The fraction of sp³-hybridized carbons (Fsp3) is 0.550. The lowest BCUT2D eigenvalue weighted by atomic mass is 9.83. The van der Waals surface area contributed by atoms with Crippen LogP contribution < -0.4 is 0 Å². The van der Waals surface area contributed by atoms with Crippen LogP contribution in [0.4, 0.5) is 0 Å². The van der Waals surface area contributed by atoms with Gasteiger partial charge in [0.2, 0.25) is 5.91 Å². The number of hydrogen-bond donors (Lipinski definition) is 0. The molecule has 4 heteroatoms. The van der Waals surface area contributed by atoms with Gasteiger partial charge in [0.05, 0.1) is 13.2 Å². The van der Waals surface area contributed by atoms with Crippen molar-refractivity contribution in [2.24, 2.45) is 5.92 Å². The summed E-state index contributed by atoms with van der Waals surface area (Å²) in [7, 11) is 0. The normalized spacial score (nSPS) is 26.4. The predicted octanol–water partition coefficient (Wildman–Crippen LogP) is 3.24. The molecule has 1 atom stereocenters. The fourth-order valence-corrected chi connectivity index (χ4v) is 4.21. The SMILES string of the molecule is O=C([C@@H]1CCCC2(C1)OCCO2)N1CC=C(c2ccccc2)CC1. The summed E-state index contributed by atoms with van der Waals surface area (Å²) < 4.78 is 11.6. The molecule has 2 aliphatic heterocycles. The molecule has 1 aromatic rings. The van der Waals surface area contributed by atoms with Crippen LogP contribution in [0.2, 0.25) is 0 Å². The lowest BCUT2D eigenvalue weighted by Crippen LogP contribution is -2.45. The summed E-state index contributed by atoms with van der Waals surface area (Å²) in [5.74, 6) is -0.153. The number of amides is 1. The van der Waals surface area contributed by atoms with Gasteiger partial charge in [-0.1, -0.05) is 36.4 Å². The van der Waals surface area contributed by atoms with Crippen LogP contribution >= 0.6 is 0 Å². The molecule has 1 spiro atoms. The monoisotopic (exact) mass is 327 g/mol. The summed E-state index contributed by atoms with van der Waals surface area (Å²) in [6.07, 6.45) is 6.75. The Morgan fingerprint density at radius 2 is 1.96 bits per heavy atom. The third-order valence-corrected chi connectivity index (χ3v) is 5.50. The first-order chi connectivity index (χ1) is 11.8. The summed E-state index contributed by atoms with van der Waals surface area (Å²) in [4.78, 5) is 14.9. The average molecular weight is 327 g/mol. The smallest absolute Gasteiger partial charge is 0.226 e. The highest BCUT2D eigenvalue weighted by molar-refractivity contribution is 5.80. The van der Waals surface area contributed by atoms with Crippen molar-refractivity contribution in [2.45, 2.75) is 37.9 Å². The number of hydrogen-bond acceptors (Lipinski definition) is 3. The van der Waals surface area contributed by atoms with Crippen molar-refractivity contribution in [1.82, 2.24) is 4.90 Å². The van der Waals surface area contributed by atoms with E-state index in [9.17, 15) is 4.79 Å². The molecule has 0 radical (unpaired) electrons. The molecule has 4 rings (SSSR count). The van der Waals surface area contributed by atoms with Crippen LogP contribution in [-0.2, 0) is 14.3 Å². The van der Waals surface area contributed by atoms with E-state index in [1.807, 2.05) is 11.0 Å². The van der Waals surface area contributed by atoms with Gasteiger partial charge < -0.3 is 14.4 Å². The minimum atomic E-state index is -0.473. The van der Waals surface area contributed by atoms with Crippen LogP contribution in [-0.4, -0.2) is 42.9 Å². The molecule has 3 aliphatic rings. The molecule has 2 fully saturated rings. The second kappa shape index (κ2) is 6.69. The van der Waals surface area contributed by atoms with Crippen LogP contribution in [0.3, 0.4) is 0 Å². The largest absolute Gasteiger partial charge is 0.348 e. The summed E-state index contributed by atoms with van der Waals surface area (Å²) >= 11 is 0. The minimum Gasteiger partial charge on any atom is -0.348 e. The Kier molecular flexibility index (Phi) is 4.42. The highest BCUT2D eigenvalue weighted by atomic mass is 16.7. The van der Waals surface area contributed by atoms with Crippen molar-refractivity contribution in [2.75, 3.05) is 26.3 Å². The minimum absolute atomic E-state index is 0.0449. The van der Waals surface area contributed by atoms with E-state index in [-0.39, 0.29) is 11.8 Å². The zero-order chi connectivity index (χ0) is 16.4. The van der Waals surface area contributed by atoms with E-state index in [0.29, 0.717) is 19.8 Å². The van der Waals surface area contributed by atoms with Gasteiger partial charge in [-0.2, -0.15) is 0 Å². The van der Waals surface area contributed by atoms with E-state index in [4.69, 9.17) is 9.47 Å². The van der Waals surface area contributed by atoms with Crippen LogP contribution in [0.15, 0.2) is 36.4 Å². The maximum absolute atomic E-state index is 12.9. The first-order valence-electron chi connectivity index (χ1n) is 9.07. The maximum Gasteiger partial charge on any atom is 0.226 e. The van der Waals surface area contributed by atoms with Gasteiger partial charge in [0.15, 0.2) is 5.79 Å². The summed E-state index contributed by atoms with van der Waals surface area (Å²) in [5.41, 5.74) is 2.62. The summed E-state index contributed by atoms with van der Waals surface area (Å²) in [6, 6.07) is 10.5. The van der Waals surface area contributed by atoms with Gasteiger partial charge >= 0.3 is 0 Å². The number of nitrogens with zero attached hydrogens (tertiary/aromatic N) is 1. The summed E-state index contributed by atoms with van der Waals surface area (Å²) in [5, 5.41) is 0. The second-order valence-electron chi connectivity index (χ2n) is 7.03. The van der Waals surface area contributed by atoms with E-state index < -0.39 is 5.79 Å². The molecule has 24 heavy (non-hydrogen) atoms. The number of rotatable bonds is 2. The fourth-order valence-electron chi connectivity index (χ4n) is 4.21. The maximum atomic E-state index is 12.9. The van der Waals surface area contributed by atoms with Gasteiger partial charge in [-0.25, -0.2) is 0 Å². The van der Waals surface area contributed by atoms with E-state index >= 15 is 0 Å². The van der Waals surface area contributed by atoms with Crippen molar-refractivity contribution in [1.29, 1.82) is 0 Å². The first-order valence-corrected chi connectivity index (χ1v) is 9.07. The van der Waals surface area contributed by atoms with Crippen LogP contribution in [0.25, 0.3) is 5.57 Å². The molecule has 0 aromatic heterocycles. The standard InChI is InChI=1S/C20H25NO3/c22-19(18-7-4-10-20(15-18)23-13-14-24-20)21-11-8-17(9-12-21)16-5-2-1-3-6-16/h1-3,5-6,8,18H,4,7,9-15H2/t18-/m1/s1. The van der Waals surface area contributed by atoms with E-state index in [1.165, 1.54) is 11.1 Å². The predicted molar refractivity (Wildman–Crippen MR) is 92.2 cm³/mol. The lowest BCUT2D eigenvalue weighted by molar-refractivity contribution is -0.191. The number of carbonyl (C=O) groups excluding carboxylic acids is 1.